The van der Waals surface area contributed by atoms with Crippen molar-refractivity contribution in [3.63, 3.8) is 0 Å². The molecule has 0 radical (unpaired) electrons. The lowest BCUT2D eigenvalue weighted by Crippen LogP contribution is -2.57. The van der Waals surface area contributed by atoms with E-state index in [0.717, 1.165) is 12.0 Å². The van der Waals surface area contributed by atoms with E-state index in [4.69, 9.17) is 37.9 Å². The highest BCUT2D eigenvalue weighted by molar-refractivity contribution is 5.87. The molecule has 0 aliphatic carbocycles. The lowest BCUT2D eigenvalue weighted by atomic mass is 9.79. The molecule has 2 saturated heterocycles. The van der Waals surface area contributed by atoms with Crippen LogP contribution in [0.25, 0.3) is 0 Å². The van der Waals surface area contributed by atoms with Crippen LogP contribution in [0.3, 0.4) is 0 Å². The van der Waals surface area contributed by atoms with Crippen LogP contribution >= 0.6 is 0 Å². The van der Waals surface area contributed by atoms with Gasteiger partial charge < -0.3 is 43.0 Å². The summed E-state index contributed by atoms with van der Waals surface area (Å²) in [4.78, 5) is 77.2. The molecule has 15 nitrogen and oxygen atoms in total. The molecule has 0 bridgehead atoms. The molecule has 67 heavy (non-hydrogen) atoms. The minimum absolute atomic E-state index is 0.00306. The molecule has 8 unspecified atom stereocenters. The van der Waals surface area contributed by atoms with Gasteiger partial charge in [0.05, 0.1) is 26.4 Å². The van der Waals surface area contributed by atoms with Crippen LogP contribution in [0, 0.1) is 41.4 Å². The van der Waals surface area contributed by atoms with E-state index in [1.165, 1.54) is 21.1 Å². The summed E-state index contributed by atoms with van der Waals surface area (Å²) in [5.74, 6) is -5.11. The second-order valence-corrected chi connectivity index (χ2v) is 20.5. The molecule has 2 fully saturated rings. The van der Waals surface area contributed by atoms with Crippen molar-refractivity contribution in [1.82, 2.24) is 0 Å². The van der Waals surface area contributed by atoms with Gasteiger partial charge in [-0.25, -0.2) is 4.79 Å². The van der Waals surface area contributed by atoms with Gasteiger partial charge in [0.15, 0.2) is 5.79 Å². The third-order valence-electron chi connectivity index (χ3n) is 12.7. The number of allylic oxidation sites excluding steroid dienone is 1. The van der Waals surface area contributed by atoms with Gasteiger partial charge in [0.25, 0.3) is 0 Å². The predicted molar refractivity (Wildman–Crippen MR) is 252 cm³/mol. The van der Waals surface area contributed by atoms with Crippen molar-refractivity contribution in [1.29, 1.82) is 0 Å². The molecule has 1 N–H and O–H groups in total. The van der Waals surface area contributed by atoms with Crippen LogP contribution < -0.4 is 0 Å². The van der Waals surface area contributed by atoms with Crippen molar-refractivity contribution in [3.8, 4) is 0 Å². The average molecular weight is 951 g/mol. The highest BCUT2D eigenvalue weighted by atomic mass is 16.7. The maximum Gasteiger partial charge on any atom is 0.333 e. The Morgan fingerprint density at radius 3 is 1.79 bits per heavy atom. The lowest BCUT2D eigenvalue weighted by molar-refractivity contribution is -0.347. The summed E-state index contributed by atoms with van der Waals surface area (Å²) < 4.78 is 48.2. The minimum atomic E-state index is -1.14. The summed E-state index contributed by atoms with van der Waals surface area (Å²) in [5.41, 5.74) is 1.06. The fourth-order valence-corrected chi connectivity index (χ4v) is 9.32. The molecule has 0 amide bonds. The smallest absolute Gasteiger partial charge is 0.333 e. The number of ether oxygens (including phenoxy) is 8. The van der Waals surface area contributed by atoms with Crippen molar-refractivity contribution >= 4 is 35.8 Å². The predicted octanol–water partition coefficient (Wildman–Crippen LogP) is 8.94. The monoisotopic (exact) mass is 951 g/mol. The molecular weight excluding hydrogens is 865 g/mol. The van der Waals surface area contributed by atoms with Gasteiger partial charge in [-0.15, -0.1) is 0 Å². The number of rotatable bonds is 26. The van der Waals surface area contributed by atoms with Crippen LogP contribution in [0.2, 0.25) is 0 Å². The molecule has 0 saturated carbocycles. The summed E-state index contributed by atoms with van der Waals surface area (Å²) in [5, 5.41) is 11.7. The Morgan fingerprint density at radius 1 is 0.701 bits per heavy atom. The number of carbonyl (C=O) groups is 6. The second-order valence-electron chi connectivity index (χ2n) is 20.5. The van der Waals surface area contributed by atoms with Crippen molar-refractivity contribution in [2.75, 3.05) is 14.2 Å². The Morgan fingerprint density at radius 2 is 1.25 bits per heavy atom. The third-order valence-corrected chi connectivity index (χ3v) is 12.7. The number of hydrogen-bond acceptors (Lipinski definition) is 15. The minimum Gasteiger partial charge on any atom is -0.469 e. The Hall–Kier alpha value is -3.82. The zero-order valence-corrected chi connectivity index (χ0v) is 43.4. The number of aliphatic hydroxyl groups excluding tert-OH is 1. The average Bonchev–Trinajstić information content (AvgIpc) is 3.23. The highest BCUT2D eigenvalue weighted by Crippen LogP contribution is 2.46. The summed E-state index contributed by atoms with van der Waals surface area (Å²) in [7, 11) is 2.65. The molecule has 0 aromatic heterocycles. The van der Waals surface area contributed by atoms with E-state index in [1.54, 1.807) is 26.8 Å². The topological polar surface area (TPSA) is 196 Å². The van der Waals surface area contributed by atoms with E-state index < -0.39 is 90.2 Å². The van der Waals surface area contributed by atoms with E-state index in [9.17, 15) is 33.9 Å². The number of methoxy groups -OCH3 is 2. The first kappa shape index (κ1) is 59.3. The van der Waals surface area contributed by atoms with Gasteiger partial charge in [-0.05, 0) is 87.0 Å². The maximum atomic E-state index is 13.7. The SMILES string of the molecule is CCC(=O)OC(C/C=C(\C)C(=O)OC)C(C)C(OC(C)=O)C(CC(C)C(OC(=O)CC(C)C)[C@H]1C[C@@H](C)C[C@@]2(C[C@@H](C)C[C@H](C(O)/C(C)=C/CCC(C)CC(=O)OC)O2)O1)OC(=O)CC(C)C. The molecule has 2 aliphatic rings. The van der Waals surface area contributed by atoms with Crippen LogP contribution in [0.1, 0.15) is 167 Å². The van der Waals surface area contributed by atoms with Gasteiger partial charge in [0.1, 0.15) is 30.5 Å². The number of carbonyl (C=O) groups excluding carboxylic acids is 6. The summed E-state index contributed by atoms with van der Waals surface area (Å²) in [6.45, 7) is 23.8. The zero-order valence-electron chi connectivity index (χ0n) is 43.4. The third kappa shape index (κ3) is 20.4. The van der Waals surface area contributed by atoms with Gasteiger partial charge in [-0.2, -0.15) is 0 Å². The van der Waals surface area contributed by atoms with E-state index in [-0.39, 0.29) is 73.2 Å². The van der Waals surface area contributed by atoms with Crippen molar-refractivity contribution < 1.29 is 71.8 Å². The Balaban J connectivity index is 2.62. The summed E-state index contributed by atoms with van der Waals surface area (Å²) in [6, 6.07) is 0. The maximum absolute atomic E-state index is 13.7. The molecule has 1 spiro atoms. The molecule has 0 aromatic rings. The van der Waals surface area contributed by atoms with Gasteiger partial charge in [-0.1, -0.05) is 81.4 Å². The molecule has 15 heteroatoms. The fourth-order valence-electron chi connectivity index (χ4n) is 9.32. The largest absolute Gasteiger partial charge is 0.469 e. The van der Waals surface area contributed by atoms with E-state index in [0.29, 0.717) is 38.5 Å². The highest BCUT2D eigenvalue weighted by Gasteiger charge is 2.51. The fraction of sp³-hybridized carbons (Fsp3) is 0.808. The standard InChI is InChI=1S/C52H86O15/c1-16-44(54)63-40(21-20-36(10)51(59)61-15)38(12)50(62-39(13)53)42(64-46(56)22-30(2)3)27-37(11)49(65-47(57)23-31(4)5)43-25-34(8)29-52(67-43)28-33(7)24-41(66-52)48(58)35(9)19-17-18-32(6)26-45(55)60-14/h19-20,30-34,37-38,40-43,48-50,58H,16-18,21-29H2,1-15H3/b35-19+,36-20+/t32?,33-,34+,37?,38?,40?,41+,42?,43+,48?,49?,50?,52+/m0/s1. The van der Waals surface area contributed by atoms with Crippen LogP contribution in [-0.2, 0) is 66.7 Å². The molecule has 0 aromatic carbocycles. The first-order valence-corrected chi connectivity index (χ1v) is 24.6. The van der Waals surface area contributed by atoms with Crippen LogP contribution in [0.5, 0.6) is 0 Å². The normalized spacial score (nSPS) is 24.9. The molecule has 13 atom stereocenters. The Bertz CT molecular complexity index is 1670. The van der Waals surface area contributed by atoms with E-state index in [1.807, 2.05) is 54.5 Å². The van der Waals surface area contributed by atoms with Crippen LogP contribution in [0.4, 0.5) is 0 Å². The van der Waals surface area contributed by atoms with Gasteiger partial charge in [0, 0.05) is 63.4 Å². The quantitative estimate of drug-likeness (QED) is 0.0373. The van der Waals surface area contributed by atoms with Gasteiger partial charge in [-0.3, -0.25) is 24.0 Å². The molecule has 2 rings (SSSR count). The molecule has 2 heterocycles. The molecule has 384 valence electrons. The lowest BCUT2D eigenvalue weighted by Gasteiger charge is -2.52. The first-order valence-electron chi connectivity index (χ1n) is 24.6. The number of esters is 6. The van der Waals surface area contributed by atoms with Crippen LogP contribution in [0.15, 0.2) is 23.3 Å². The van der Waals surface area contributed by atoms with Crippen molar-refractivity contribution in [2.45, 2.75) is 216 Å². The van der Waals surface area contributed by atoms with Crippen molar-refractivity contribution in [3.05, 3.63) is 23.3 Å². The summed E-state index contributed by atoms with van der Waals surface area (Å²) in [6.07, 6.45) is 1.79. The second kappa shape index (κ2) is 28.6. The summed E-state index contributed by atoms with van der Waals surface area (Å²) >= 11 is 0. The van der Waals surface area contributed by atoms with Gasteiger partial charge in [0.2, 0.25) is 0 Å². The Kier molecular flexibility index (Phi) is 25.3. The van der Waals surface area contributed by atoms with Crippen molar-refractivity contribution in [2.24, 2.45) is 41.4 Å². The van der Waals surface area contributed by atoms with Crippen LogP contribution in [-0.4, -0.2) is 104 Å². The number of aliphatic hydroxyl groups is 1. The molecule has 2 aliphatic heterocycles. The zero-order chi connectivity index (χ0) is 50.8. The van der Waals surface area contributed by atoms with Gasteiger partial charge >= 0.3 is 35.8 Å². The van der Waals surface area contributed by atoms with E-state index in [2.05, 4.69) is 13.8 Å². The number of hydrogen-bond donors (Lipinski definition) is 1. The van der Waals surface area contributed by atoms with E-state index >= 15 is 0 Å². The molecular formula is C52H86O15. The Labute approximate surface area is 401 Å². The first-order chi connectivity index (χ1) is 31.3.